The first-order chi connectivity index (χ1) is 14.5. The Morgan fingerprint density at radius 3 is 2.53 bits per heavy atom. The molecule has 0 aromatic heterocycles. The van der Waals surface area contributed by atoms with Crippen LogP contribution in [-0.2, 0) is 16.0 Å². The van der Waals surface area contributed by atoms with Gasteiger partial charge in [0, 0.05) is 18.4 Å². The van der Waals surface area contributed by atoms with E-state index in [0.29, 0.717) is 19.3 Å². The molecule has 2 N–H and O–H groups in total. The van der Waals surface area contributed by atoms with E-state index < -0.39 is 5.97 Å². The number of aliphatic hydroxyl groups excluding tert-OH is 1. The van der Waals surface area contributed by atoms with Gasteiger partial charge in [-0.3, -0.25) is 9.59 Å². The first-order valence-corrected chi connectivity index (χ1v) is 11.4. The number of carboxylic acids is 1. The second-order valence-corrected chi connectivity index (χ2v) is 8.97. The lowest BCUT2D eigenvalue weighted by Gasteiger charge is -2.46. The Bertz CT molecular complexity index is 726. The van der Waals surface area contributed by atoms with E-state index in [-0.39, 0.29) is 29.9 Å². The lowest BCUT2D eigenvalue weighted by Crippen LogP contribution is -2.51. The smallest absolute Gasteiger partial charge is 0.303 e. The molecule has 2 atom stereocenters. The van der Waals surface area contributed by atoms with E-state index in [9.17, 15) is 14.7 Å². The van der Waals surface area contributed by atoms with Gasteiger partial charge in [-0.2, -0.15) is 0 Å². The molecule has 1 saturated heterocycles. The highest BCUT2D eigenvalue weighted by Gasteiger charge is 2.42. The van der Waals surface area contributed by atoms with Gasteiger partial charge in [0.25, 0.3) is 0 Å². The van der Waals surface area contributed by atoms with Gasteiger partial charge >= 0.3 is 5.97 Å². The molecule has 2 aliphatic rings. The van der Waals surface area contributed by atoms with Crippen LogP contribution in [0.5, 0.6) is 0 Å². The Hall–Kier alpha value is -2.14. The van der Waals surface area contributed by atoms with Crippen LogP contribution in [0.2, 0.25) is 0 Å². The molecule has 1 saturated carbocycles. The summed E-state index contributed by atoms with van der Waals surface area (Å²) in [5, 5.41) is 19.6. The third-order valence-corrected chi connectivity index (χ3v) is 6.82. The van der Waals surface area contributed by atoms with Crippen molar-refractivity contribution in [2.45, 2.75) is 82.8 Å². The molecule has 1 aromatic rings. The summed E-state index contributed by atoms with van der Waals surface area (Å²) in [7, 11) is 0. The number of unbranched alkanes of at least 4 members (excludes halogenated alkanes) is 3. The van der Waals surface area contributed by atoms with E-state index in [1.165, 1.54) is 12.0 Å². The first-order valence-electron chi connectivity index (χ1n) is 11.4. The monoisotopic (exact) mass is 413 g/mol. The van der Waals surface area contributed by atoms with E-state index in [2.05, 4.69) is 36.4 Å². The summed E-state index contributed by atoms with van der Waals surface area (Å²) in [6.07, 6.45) is 13.0. The first kappa shape index (κ1) is 22.5. The lowest BCUT2D eigenvalue weighted by molar-refractivity contribution is -0.143. The maximum absolute atomic E-state index is 11.9. The van der Waals surface area contributed by atoms with E-state index in [1.54, 1.807) is 0 Å². The molecule has 164 valence electrons. The van der Waals surface area contributed by atoms with Crippen molar-refractivity contribution in [2.75, 3.05) is 6.54 Å². The van der Waals surface area contributed by atoms with Crippen molar-refractivity contribution >= 4 is 11.9 Å². The van der Waals surface area contributed by atoms with Gasteiger partial charge in [-0.05, 0) is 44.1 Å². The number of hydrogen-bond acceptors (Lipinski definition) is 3. The molecule has 3 rings (SSSR count). The molecule has 5 heteroatoms. The Labute approximate surface area is 179 Å². The van der Waals surface area contributed by atoms with E-state index >= 15 is 0 Å². The predicted octanol–water partition coefficient (Wildman–Crippen LogP) is 4.34. The fraction of sp³-hybridized carbons (Fsp3) is 0.600. The fourth-order valence-corrected chi connectivity index (χ4v) is 4.73. The van der Waals surface area contributed by atoms with Crippen LogP contribution in [0, 0.1) is 5.41 Å². The van der Waals surface area contributed by atoms with Gasteiger partial charge in [-0.25, -0.2) is 0 Å². The minimum Gasteiger partial charge on any atom is -0.481 e. The van der Waals surface area contributed by atoms with Crippen molar-refractivity contribution in [1.82, 2.24) is 4.90 Å². The minimum absolute atomic E-state index is 0.00321. The zero-order valence-corrected chi connectivity index (χ0v) is 17.8. The number of carboxylic acid groups (broad SMARTS) is 1. The number of nitrogens with zero attached hydrogens (tertiary/aromatic N) is 1. The average molecular weight is 414 g/mol. The zero-order valence-electron chi connectivity index (χ0n) is 17.8. The summed E-state index contributed by atoms with van der Waals surface area (Å²) in [5.41, 5.74) is 1.29. The number of β-lactam (4-membered cyclic amide) rings is 1. The molecule has 5 nitrogen and oxygen atoms in total. The predicted molar refractivity (Wildman–Crippen MR) is 117 cm³/mol. The van der Waals surface area contributed by atoms with Crippen molar-refractivity contribution < 1.29 is 19.8 Å². The lowest BCUT2D eigenvalue weighted by atomic mass is 9.61. The van der Waals surface area contributed by atoms with E-state index in [1.807, 2.05) is 11.0 Å². The molecule has 1 aliphatic carbocycles. The fourth-order valence-electron chi connectivity index (χ4n) is 4.73. The summed E-state index contributed by atoms with van der Waals surface area (Å²) in [5.74, 6) is -0.553. The number of carbonyl (C=O) groups is 2. The highest BCUT2D eigenvalue weighted by atomic mass is 16.4. The van der Waals surface area contributed by atoms with Crippen molar-refractivity contribution in [3.8, 4) is 0 Å². The number of rotatable bonds is 13. The van der Waals surface area contributed by atoms with Crippen molar-refractivity contribution in [3.05, 3.63) is 48.0 Å². The maximum Gasteiger partial charge on any atom is 0.303 e. The van der Waals surface area contributed by atoms with Crippen LogP contribution >= 0.6 is 0 Å². The molecular weight excluding hydrogens is 378 g/mol. The highest BCUT2D eigenvalue weighted by molar-refractivity contribution is 5.83. The normalized spacial score (nSPS) is 21.3. The van der Waals surface area contributed by atoms with Crippen LogP contribution in [0.1, 0.15) is 69.8 Å². The van der Waals surface area contributed by atoms with E-state index in [4.69, 9.17) is 5.11 Å². The summed E-state index contributed by atoms with van der Waals surface area (Å²) in [6.45, 7) is 0.738. The van der Waals surface area contributed by atoms with Crippen molar-refractivity contribution in [1.29, 1.82) is 0 Å². The molecule has 2 unspecified atom stereocenters. The molecule has 1 amide bonds. The summed E-state index contributed by atoms with van der Waals surface area (Å²) < 4.78 is 0. The Morgan fingerprint density at radius 2 is 1.90 bits per heavy atom. The molecule has 0 bridgehead atoms. The van der Waals surface area contributed by atoms with Gasteiger partial charge < -0.3 is 15.1 Å². The van der Waals surface area contributed by atoms with Gasteiger partial charge in [0.15, 0.2) is 0 Å². The average Bonchev–Trinajstić information content (AvgIpc) is 2.69. The second-order valence-electron chi connectivity index (χ2n) is 8.97. The highest BCUT2D eigenvalue weighted by Crippen LogP contribution is 2.47. The topological polar surface area (TPSA) is 77.8 Å². The maximum atomic E-state index is 11.9. The third-order valence-electron chi connectivity index (χ3n) is 6.82. The summed E-state index contributed by atoms with van der Waals surface area (Å²) in [4.78, 5) is 24.4. The van der Waals surface area contributed by atoms with Crippen molar-refractivity contribution in [2.24, 2.45) is 5.41 Å². The van der Waals surface area contributed by atoms with Crippen LogP contribution in [0.15, 0.2) is 42.5 Å². The van der Waals surface area contributed by atoms with Crippen LogP contribution < -0.4 is 0 Å². The largest absolute Gasteiger partial charge is 0.481 e. The zero-order chi connectivity index (χ0) is 21.4. The minimum atomic E-state index is -0.743. The molecule has 1 heterocycles. The van der Waals surface area contributed by atoms with Crippen LogP contribution in [0.25, 0.3) is 0 Å². The number of likely N-dealkylation sites (tertiary alicyclic amines) is 1. The quantitative estimate of drug-likeness (QED) is 0.286. The molecule has 0 radical (unpaired) electrons. The SMILES string of the molecule is O=C(O)CCCCCCN1C(=O)CC1/C=C/CC(O)C1(Cc2ccccc2)CCC1. The summed E-state index contributed by atoms with van der Waals surface area (Å²) >= 11 is 0. The molecule has 0 spiro atoms. The number of amides is 1. The Balaban J connectivity index is 1.40. The Kier molecular flexibility index (Phi) is 8.08. The van der Waals surface area contributed by atoms with Crippen molar-refractivity contribution in [3.63, 3.8) is 0 Å². The van der Waals surface area contributed by atoms with Gasteiger partial charge in [0.1, 0.15) is 0 Å². The van der Waals surface area contributed by atoms with Crippen LogP contribution in [0.4, 0.5) is 0 Å². The molecule has 2 fully saturated rings. The summed E-state index contributed by atoms with van der Waals surface area (Å²) in [6, 6.07) is 10.6. The molecular formula is C25H35NO4. The number of aliphatic hydroxyl groups is 1. The number of benzene rings is 1. The molecule has 1 aliphatic heterocycles. The molecule has 1 aromatic carbocycles. The standard InChI is InChI=1S/C25H35NO4/c27-22(25(15-9-16-25)19-20-10-4-3-5-11-20)13-8-12-21-18-23(28)26(21)17-7-2-1-6-14-24(29)30/h3-5,8,10-12,21-22,27H,1-2,6-7,9,13-19H2,(H,29,30)/b12-8+. The second kappa shape index (κ2) is 10.8. The number of aliphatic carboxylic acids is 1. The van der Waals surface area contributed by atoms with Gasteiger partial charge in [0.05, 0.1) is 18.6 Å². The van der Waals surface area contributed by atoms with Crippen LogP contribution in [0.3, 0.4) is 0 Å². The third kappa shape index (κ3) is 5.94. The molecule has 30 heavy (non-hydrogen) atoms. The Morgan fingerprint density at radius 1 is 1.17 bits per heavy atom. The van der Waals surface area contributed by atoms with E-state index in [0.717, 1.165) is 45.1 Å². The van der Waals surface area contributed by atoms with Gasteiger partial charge in [-0.15, -0.1) is 0 Å². The van der Waals surface area contributed by atoms with Gasteiger partial charge in [-0.1, -0.05) is 61.7 Å². The number of carbonyl (C=O) groups excluding carboxylic acids is 1. The van der Waals surface area contributed by atoms with Crippen LogP contribution in [-0.4, -0.2) is 45.7 Å². The van der Waals surface area contributed by atoms with Gasteiger partial charge in [0.2, 0.25) is 5.91 Å². The number of hydrogen-bond donors (Lipinski definition) is 2.